The van der Waals surface area contributed by atoms with Crippen LogP contribution in [0.25, 0.3) is 0 Å². The van der Waals surface area contributed by atoms with Crippen LogP contribution in [-0.4, -0.2) is 46.5 Å². The molecule has 7 heteroatoms. The summed E-state index contributed by atoms with van der Waals surface area (Å²) in [5, 5.41) is 3.25. The van der Waals surface area contributed by atoms with E-state index in [1.807, 2.05) is 22.7 Å². The highest BCUT2D eigenvalue weighted by molar-refractivity contribution is 5.85. The van der Waals surface area contributed by atoms with Gasteiger partial charge in [0.25, 0.3) is 0 Å². The van der Waals surface area contributed by atoms with Crippen LogP contribution in [0, 0.1) is 0 Å². The zero-order chi connectivity index (χ0) is 12.1. The molecule has 2 rings (SSSR count). The molecular formula is C12H22Cl2N4O. The SMILES string of the molecule is CNC1CCCN(C(=O)CCn2ccnc2)C1.Cl.Cl. The van der Waals surface area contributed by atoms with Gasteiger partial charge in [0.15, 0.2) is 0 Å². The van der Waals surface area contributed by atoms with Crippen molar-refractivity contribution in [3.63, 3.8) is 0 Å². The van der Waals surface area contributed by atoms with Crippen molar-refractivity contribution in [1.82, 2.24) is 19.8 Å². The zero-order valence-corrected chi connectivity index (χ0v) is 12.8. The number of rotatable bonds is 4. The maximum Gasteiger partial charge on any atom is 0.224 e. The molecule has 0 spiro atoms. The van der Waals surface area contributed by atoms with E-state index in [1.54, 1.807) is 12.5 Å². The largest absolute Gasteiger partial charge is 0.341 e. The minimum absolute atomic E-state index is 0. The first kappa shape index (κ1) is 18.2. The van der Waals surface area contributed by atoms with Gasteiger partial charge < -0.3 is 14.8 Å². The van der Waals surface area contributed by atoms with E-state index in [1.165, 1.54) is 6.42 Å². The van der Waals surface area contributed by atoms with E-state index < -0.39 is 0 Å². The Bertz CT molecular complexity index is 359. The molecule has 1 aliphatic heterocycles. The van der Waals surface area contributed by atoms with Crippen LogP contribution in [0.1, 0.15) is 19.3 Å². The van der Waals surface area contributed by atoms with Crippen LogP contribution in [0.5, 0.6) is 0 Å². The van der Waals surface area contributed by atoms with Gasteiger partial charge in [0.1, 0.15) is 0 Å². The minimum atomic E-state index is 0. The Labute approximate surface area is 126 Å². The molecule has 0 radical (unpaired) electrons. The van der Waals surface area contributed by atoms with Gasteiger partial charge in [0, 0.05) is 44.5 Å². The predicted molar refractivity (Wildman–Crippen MR) is 80.0 cm³/mol. The summed E-state index contributed by atoms with van der Waals surface area (Å²) < 4.78 is 1.94. The predicted octanol–water partition coefficient (Wildman–Crippen LogP) is 1.33. The summed E-state index contributed by atoms with van der Waals surface area (Å²) in [6.07, 6.45) is 8.21. The molecule has 1 unspecified atom stereocenters. The van der Waals surface area contributed by atoms with Crippen molar-refractivity contribution in [1.29, 1.82) is 0 Å². The summed E-state index contributed by atoms with van der Waals surface area (Å²) in [4.78, 5) is 18.0. The van der Waals surface area contributed by atoms with Gasteiger partial charge in [0.05, 0.1) is 6.33 Å². The quantitative estimate of drug-likeness (QED) is 0.913. The summed E-state index contributed by atoms with van der Waals surface area (Å²) in [6, 6.07) is 0.459. The zero-order valence-electron chi connectivity index (χ0n) is 11.1. The van der Waals surface area contributed by atoms with E-state index in [2.05, 4.69) is 10.3 Å². The number of halogens is 2. The topological polar surface area (TPSA) is 50.2 Å². The second-order valence-corrected chi connectivity index (χ2v) is 4.52. The molecule has 1 fully saturated rings. The number of aromatic nitrogens is 2. The van der Waals surface area contributed by atoms with Crippen molar-refractivity contribution in [3.8, 4) is 0 Å². The van der Waals surface area contributed by atoms with Crippen LogP contribution >= 0.6 is 24.8 Å². The van der Waals surface area contributed by atoms with Gasteiger partial charge >= 0.3 is 0 Å². The molecule has 110 valence electrons. The lowest BCUT2D eigenvalue weighted by molar-refractivity contribution is -0.132. The van der Waals surface area contributed by atoms with E-state index in [4.69, 9.17) is 0 Å². The molecule has 1 atom stereocenters. The number of imidazole rings is 1. The van der Waals surface area contributed by atoms with Gasteiger partial charge in [-0.3, -0.25) is 4.79 Å². The fourth-order valence-corrected chi connectivity index (χ4v) is 2.24. The highest BCUT2D eigenvalue weighted by atomic mass is 35.5. The summed E-state index contributed by atoms with van der Waals surface area (Å²) in [6.45, 7) is 2.47. The van der Waals surface area contributed by atoms with Crippen LogP contribution in [0.3, 0.4) is 0 Å². The molecule has 1 aromatic rings. The van der Waals surface area contributed by atoms with Gasteiger partial charge in [-0.15, -0.1) is 24.8 Å². The molecule has 0 aromatic carbocycles. The molecule has 2 heterocycles. The van der Waals surface area contributed by atoms with E-state index >= 15 is 0 Å². The normalized spacial score (nSPS) is 18.4. The molecule has 5 nitrogen and oxygen atoms in total. The van der Waals surface area contributed by atoms with Crippen molar-refractivity contribution in [3.05, 3.63) is 18.7 Å². The van der Waals surface area contributed by atoms with Crippen LogP contribution < -0.4 is 5.32 Å². The van der Waals surface area contributed by atoms with Crippen molar-refractivity contribution < 1.29 is 4.79 Å². The lowest BCUT2D eigenvalue weighted by Gasteiger charge is -2.32. The molecule has 19 heavy (non-hydrogen) atoms. The number of carbonyl (C=O) groups excluding carboxylic acids is 1. The second-order valence-electron chi connectivity index (χ2n) is 4.52. The number of nitrogens with zero attached hydrogens (tertiary/aromatic N) is 3. The molecule has 1 amide bonds. The summed E-state index contributed by atoms with van der Waals surface area (Å²) in [5.74, 6) is 0.249. The van der Waals surface area contributed by atoms with E-state index in [9.17, 15) is 4.79 Å². The maximum atomic E-state index is 12.0. The van der Waals surface area contributed by atoms with Gasteiger partial charge in [-0.05, 0) is 19.9 Å². The minimum Gasteiger partial charge on any atom is -0.341 e. The van der Waals surface area contributed by atoms with Crippen LogP contribution in [-0.2, 0) is 11.3 Å². The fourth-order valence-electron chi connectivity index (χ4n) is 2.24. The van der Waals surface area contributed by atoms with E-state index in [-0.39, 0.29) is 30.7 Å². The Morgan fingerprint density at radius 2 is 2.26 bits per heavy atom. The molecule has 0 aliphatic carbocycles. The molecule has 1 aromatic heterocycles. The lowest BCUT2D eigenvalue weighted by atomic mass is 10.1. The Morgan fingerprint density at radius 1 is 1.47 bits per heavy atom. The molecule has 0 bridgehead atoms. The summed E-state index contributed by atoms with van der Waals surface area (Å²) in [7, 11) is 1.96. The average molecular weight is 309 g/mol. The Balaban J connectivity index is 0.00000162. The van der Waals surface area contributed by atoms with E-state index in [0.29, 0.717) is 12.5 Å². The Kier molecular flexibility index (Phi) is 8.80. The van der Waals surface area contributed by atoms with Crippen LogP contribution in [0.2, 0.25) is 0 Å². The molecule has 1 aliphatic rings. The third-order valence-corrected chi connectivity index (χ3v) is 3.33. The number of likely N-dealkylation sites (N-methyl/N-ethyl adjacent to an activating group) is 1. The van der Waals surface area contributed by atoms with Gasteiger partial charge in [-0.25, -0.2) is 4.98 Å². The number of nitrogens with one attached hydrogen (secondary N) is 1. The van der Waals surface area contributed by atoms with Crippen molar-refractivity contribution in [2.75, 3.05) is 20.1 Å². The summed E-state index contributed by atoms with van der Waals surface area (Å²) >= 11 is 0. The van der Waals surface area contributed by atoms with Gasteiger partial charge in [0.2, 0.25) is 5.91 Å². The number of carbonyl (C=O) groups is 1. The Hall–Kier alpha value is -0.780. The number of aryl methyl sites for hydroxylation is 1. The van der Waals surface area contributed by atoms with E-state index in [0.717, 1.165) is 26.1 Å². The third-order valence-electron chi connectivity index (χ3n) is 3.33. The van der Waals surface area contributed by atoms with Crippen molar-refractivity contribution in [2.24, 2.45) is 0 Å². The third kappa shape index (κ3) is 5.38. The lowest BCUT2D eigenvalue weighted by Crippen LogP contribution is -2.47. The molecular weight excluding hydrogens is 287 g/mol. The number of piperidine rings is 1. The highest BCUT2D eigenvalue weighted by Crippen LogP contribution is 2.11. The number of likely N-dealkylation sites (tertiary alicyclic amines) is 1. The Morgan fingerprint density at radius 3 is 2.89 bits per heavy atom. The standard InChI is InChI=1S/C12H20N4O.2ClH/c1-13-11-3-2-6-16(9-11)12(17)4-7-15-8-5-14-10-15;;/h5,8,10-11,13H,2-4,6-7,9H2,1H3;2*1H. The monoisotopic (exact) mass is 308 g/mol. The van der Waals surface area contributed by atoms with Crippen LogP contribution in [0.15, 0.2) is 18.7 Å². The maximum absolute atomic E-state index is 12.0. The first-order valence-corrected chi connectivity index (χ1v) is 6.20. The molecule has 0 saturated carbocycles. The van der Waals surface area contributed by atoms with Crippen molar-refractivity contribution >= 4 is 30.7 Å². The molecule has 1 N–H and O–H groups in total. The molecule has 1 saturated heterocycles. The number of amides is 1. The first-order chi connectivity index (χ1) is 8.29. The average Bonchev–Trinajstić information content (AvgIpc) is 2.89. The smallest absolute Gasteiger partial charge is 0.224 e. The highest BCUT2D eigenvalue weighted by Gasteiger charge is 2.21. The fraction of sp³-hybridized carbons (Fsp3) is 0.667. The van der Waals surface area contributed by atoms with Crippen LogP contribution in [0.4, 0.5) is 0 Å². The number of hydrogen-bond acceptors (Lipinski definition) is 3. The van der Waals surface area contributed by atoms with Gasteiger partial charge in [-0.2, -0.15) is 0 Å². The van der Waals surface area contributed by atoms with Crippen molar-refractivity contribution in [2.45, 2.75) is 31.8 Å². The second kappa shape index (κ2) is 9.18. The number of hydrogen-bond donors (Lipinski definition) is 1. The summed E-state index contributed by atoms with van der Waals surface area (Å²) in [5.41, 5.74) is 0. The van der Waals surface area contributed by atoms with Gasteiger partial charge in [-0.1, -0.05) is 0 Å². The first-order valence-electron chi connectivity index (χ1n) is 6.20.